The van der Waals surface area contributed by atoms with Gasteiger partial charge in [0.1, 0.15) is 0 Å². The molecule has 0 aliphatic carbocycles. The van der Waals surface area contributed by atoms with E-state index in [0.717, 1.165) is 0 Å². The minimum Gasteiger partial charge on any atom is -0.0622 e. The topological polar surface area (TPSA) is 0 Å². The average molecular weight is 633 g/mol. The van der Waals surface area contributed by atoms with Gasteiger partial charge in [-0.15, -0.1) is 0 Å². The lowest BCUT2D eigenvalue weighted by Gasteiger charge is -2.20. The van der Waals surface area contributed by atoms with Crippen LogP contribution < -0.4 is 0 Å². The van der Waals surface area contributed by atoms with Gasteiger partial charge in [-0.1, -0.05) is 182 Å². The molecule has 0 nitrogen and oxygen atoms in total. The van der Waals surface area contributed by atoms with Crippen molar-refractivity contribution in [2.75, 3.05) is 0 Å². The maximum atomic E-state index is 2.39. The molecule has 0 spiro atoms. The Labute approximate surface area is 291 Å². The highest BCUT2D eigenvalue weighted by atomic mass is 14.2. The van der Waals surface area contributed by atoms with Gasteiger partial charge >= 0.3 is 0 Å². The minimum absolute atomic E-state index is 1.22. The third kappa shape index (κ3) is 4.46. The highest BCUT2D eigenvalue weighted by Gasteiger charge is 2.19. The van der Waals surface area contributed by atoms with Crippen molar-refractivity contribution < 1.29 is 0 Å². The smallest absolute Gasteiger partial charge is 0.00201 e. The van der Waals surface area contributed by atoms with Gasteiger partial charge in [-0.2, -0.15) is 0 Å². The van der Waals surface area contributed by atoms with E-state index in [1.807, 2.05) is 0 Å². The van der Waals surface area contributed by atoms with Crippen molar-refractivity contribution in [2.24, 2.45) is 0 Å². The third-order valence-electron chi connectivity index (χ3n) is 10.4. The lowest BCUT2D eigenvalue weighted by molar-refractivity contribution is 1.60. The van der Waals surface area contributed by atoms with E-state index in [2.05, 4.69) is 194 Å². The monoisotopic (exact) mass is 632 g/mol. The van der Waals surface area contributed by atoms with Crippen molar-refractivity contribution >= 4 is 53.9 Å². The summed E-state index contributed by atoms with van der Waals surface area (Å²) in [5.41, 5.74) is 9.94. The van der Waals surface area contributed by atoms with Crippen LogP contribution in [-0.4, -0.2) is 0 Å². The zero-order valence-electron chi connectivity index (χ0n) is 27.5. The van der Waals surface area contributed by atoms with Gasteiger partial charge in [0.05, 0.1) is 0 Å². The second kappa shape index (κ2) is 11.6. The summed E-state index contributed by atoms with van der Waals surface area (Å²) in [6.07, 6.45) is 0. The van der Waals surface area contributed by atoms with Crippen LogP contribution in [0, 0.1) is 0 Å². The Bertz CT molecular complexity index is 2820. The van der Waals surface area contributed by atoms with Crippen molar-refractivity contribution in [3.05, 3.63) is 194 Å². The molecule has 0 heterocycles. The first-order valence-corrected chi connectivity index (χ1v) is 17.4. The molecule has 0 unspecified atom stereocenters. The highest BCUT2D eigenvalue weighted by Crippen LogP contribution is 2.46. The van der Waals surface area contributed by atoms with Crippen molar-refractivity contribution in [1.82, 2.24) is 0 Å². The van der Waals surface area contributed by atoms with Gasteiger partial charge in [-0.25, -0.2) is 0 Å². The molecule has 0 saturated heterocycles. The molecule has 232 valence electrons. The number of rotatable bonds is 4. The lowest BCUT2D eigenvalue weighted by Crippen LogP contribution is -1.93. The SMILES string of the molecule is c1ccc(-c2ccccc2-c2c3ccccc3c(-c3cccc(-c4ccc5c6ccccc6c6ccccc6c5c4)c3)c3ccccc23)cc1. The summed E-state index contributed by atoms with van der Waals surface area (Å²) in [5.74, 6) is 0. The van der Waals surface area contributed by atoms with Gasteiger partial charge in [-0.3, -0.25) is 0 Å². The molecule has 10 aromatic carbocycles. The largest absolute Gasteiger partial charge is 0.0622 e. The Morgan fingerprint density at radius 1 is 0.180 bits per heavy atom. The van der Waals surface area contributed by atoms with E-state index in [0.29, 0.717) is 0 Å². The van der Waals surface area contributed by atoms with Crippen LogP contribution in [-0.2, 0) is 0 Å². The van der Waals surface area contributed by atoms with Gasteiger partial charge in [0.2, 0.25) is 0 Å². The van der Waals surface area contributed by atoms with E-state index < -0.39 is 0 Å². The molecular weight excluding hydrogens is 601 g/mol. The molecule has 50 heavy (non-hydrogen) atoms. The van der Waals surface area contributed by atoms with Crippen LogP contribution in [0.3, 0.4) is 0 Å². The number of hydrogen-bond acceptors (Lipinski definition) is 0. The van der Waals surface area contributed by atoms with Crippen molar-refractivity contribution in [3.63, 3.8) is 0 Å². The van der Waals surface area contributed by atoms with E-state index in [1.165, 1.54) is 98.4 Å². The summed E-state index contributed by atoms with van der Waals surface area (Å²) in [5, 5.41) is 12.8. The summed E-state index contributed by atoms with van der Waals surface area (Å²) in [4.78, 5) is 0. The number of hydrogen-bond donors (Lipinski definition) is 0. The van der Waals surface area contributed by atoms with Gasteiger partial charge in [0.25, 0.3) is 0 Å². The number of benzene rings is 10. The molecule has 0 heteroatoms. The van der Waals surface area contributed by atoms with Crippen molar-refractivity contribution in [1.29, 1.82) is 0 Å². The molecule has 0 bridgehead atoms. The Morgan fingerprint density at radius 3 is 1.18 bits per heavy atom. The molecule has 0 amide bonds. The molecule has 10 aromatic rings. The summed E-state index contributed by atoms with van der Waals surface area (Å²) < 4.78 is 0. The van der Waals surface area contributed by atoms with Gasteiger partial charge in [-0.05, 0) is 111 Å². The first kappa shape index (κ1) is 28.5. The van der Waals surface area contributed by atoms with Crippen LogP contribution in [0.1, 0.15) is 0 Å². The molecular formula is C50H32. The van der Waals surface area contributed by atoms with Crippen LogP contribution in [0.25, 0.3) is 98.4 Å². The quantitative estimate of drug-likeness (QED) is 0.134. The van der Waals surface area contributed by atoms with E-state index >= 15 is 0 Å². The second-order valence-electron chi connectivity index (χ2n) is 13.2. The second-order valence-corrected chi connectivity index (χ2v) is 13.2. The van der Waals surface area contributed by atoms with Gasteiger partial charge in [0, 0.05) is 0 Å². The summed E-state index contributed by atoms with van der Waals surface area (Å²) >= 11 is 0. The molecule has 10 rings (SSSR count). The molecule has 0 aliphatic heterocycles. The maximum absolute atomic E-state index is 2.39. The summed E-state index contributed by atoms with van der Waals surface area (Å²) in [7, 11) is 0. The van der Waals surface area contributed by atoms with Crippen LogP contribution in [0.2, 0.25) is 0 Å². The highest BCUT2D eigenvalue weighted by molar-refractivity contribution is 6.26. The maximum Gasteiger partial charge on any atom is -0.00201 e. The Morgan fingerprint density at radius 2 is 0.580 bits per heavy atom. The minimum atomic E-state index is 1.22. The molecule has 0 N–H and O–H groups in total. The van der Waals surface area contributed by atoms with E-state index in [4.69, 9.17) is 0 Å². The molecule has 0 aromatic heterocycles. The predicted molar refractivity (Wildman–Crippen MR) is 216 cm³/mol. The predicted octanol–water partition coefficient (Wildman–Crippen LogP) is 14.1. The Kier molecular flexibility index (Phi) is 6.60. The first-order chi connectivity index (χ1) is 24.8. The normalized spacial score (nSPS) is 11.6. The lowest BCUT2D eigenvalue weighted by atomic mass is 9.83. The molecule has 0 fully saturated rings. The fourth-order valence-electron chi connectivity index (χ4n) is 8.24. The summed E-state index contributed by atoms with van der Waals surface area (Å²) in [6.45, 7) is 0. The average Bonchev–Trinajstić information content (AvgIpc) is 3.20. The third-order valence-corrected chi connectivity index (χ3v) is 10.4. The van der Waals surface area contributed by atoms with Crippen molar-refractivity contribution in [2.45, 2.75) is 0 Å². The molecule has 0 saturated carbocycles. The summed E-state index contributed by atoms with van der Waals surface area (Å²) in [6, 6.07) is 71.2. The van der Waals surface area contributed by atoms with Gasteiger partial charge in [0.15, 0.2) is 0 Å². The molecule has 0 radical (unpaired) electrons. The van der Waals surface area contributed by atoms with Crippen LogP contribution >= 0.6 is 0 Å². The Balaban J connectivity index is 1.21. The van der Waals surface area contributed by atoms with Crippen LogP contribution in [0.15, 0.2) is 194 Å². The fourth-order valence-corrected chi connectivity index (χ4v) is 8.24. The van der Waals surface area contributed by atoms with Gasteiger partial charge < -0.3 is 0 Å². The first-order valence-electron chi connectivity index (χ1n) is 17.4. The van der Waals surface area contributed by atoms with Crippen LogP contribution in [0.4, 0.5) is 0 Å². The zero-order valence-corrected chi connectivity index (χ0v) is 27.5. The zero-order chi connectivity index (χ0) is 33.0. The van der Waals surface area contributed by atoms with E-state index in [9.17, 15) is 0 Å². The Hall–Kier alpha value is -6.50. The van der Waals surface area contributed by atoms with Crippen LogP contribution in [0.5, 0.6) is 0 Å². The number of fused-ring (bicyclic) bond motifs is 8. The van der Waals surface area contributed by atoms with E-state index in [1.54, 1.807) is 0 Å². The molecule has 0 atom stereocenters. The standard InChI is InChI=1S/C50H32/c1-2-15-33(16-3-1)37-19-4-9-24-43(37)50-46-27-12-10-25-44(46)49(45-26-11-13-28-47(45)50)36-18-14-17-34(31-36)35-29-30-42-40-22-6-5-20-38(40)39-21-7-8-23-41(39)48(42)32-35/h1-32H. The molecule has 0 aliphatic rings. The van der Waals surface area contributed by atoms with E-state index in [-0.39, 0.29) is 0 Å². The van der Waals surface area contributed by atoms with Crippen molar-refractivity contribution in [3.8, 4) is 44.5 Å². The fraction of sp³-hybridized carbons (Fsp3) is 0.